The van der Waals surface area contributed by atoms with Gasteiger partial charge in [0, 0.05) is 11.8 Å². The molecule has 6 heteroatoms. The second kappa shape index (κ2) is 4.07. The van der Waals surface area contributed by atoms with Gasteiger partial charge in [-0.15, -0.1) is 0 Å². The zero-order valence-corrected chi connectivity index (χ0v) is 9.86. The number of fused-ring (bicyclic) bond motifs is 1. The molecule has 0 spiro atoms. The number of carbonyl (C=O) groups excluding carboxylic acids is 1. The standard InChI is InChI=1S/C13H10N4O2/c14-4-8-9(5-16-13(8)15)7-1-2-11-10(3-7)17-12(18)6-19-11/h1-3,5,16H,6,15H2,(H,17,18). The van der Waals surface area contributed by atoms with E-state index in [4.69, 9.17) is 15.7 Å². The lowest BCUT2D eigenvalue weighted by atomic mass is 10.0. The lowest BCUT2D eigenvalue weighted by Crippen LogP contribution is -2.25. The summed E-state index contributed by atoms with van der Waals surface area (Å²) in [7, 11) is 0. The van der Waals surface area contributed by atoms with Crippen LogP contribution >= 0.6 is 0 Å². The Bertz CT molecular complexity index is 712. The SMILES string of the molecule is N#Cc1c(-c2ccc3c(c2)NC(=O)CO3)c[nH]c1N. The molecule has 94 valence electrons. The maximum Gasteiger partial charge on any atom is 0.262 e. The fraction of sp³-hybridized carbons (Fsp3) is 0.0769. The van der Waals surface area contributed by atoms with Gasteiger partial charge in [-0.05, 0) is 17.7 Å². The Balaban J connectivity index is 2.09. The first-order valence-electron chi connectivity index (χ1n) is 5.63. The molecule has 0 bridgehead atoms. The summed E-state index contributed by atoms with van der Waals surface area (Å²) in [5.41, 5.74) is 8.15. The molecule has 0 saturated heterocycles. The molecule has 0 aliphatic carbocycles. The molecule has 0 atom stereocenters. The number of anilines is 2. The van der Waals surface area contributed by atoms with Crippen molar-refractivity contribution in [3.8, 4) is 22.9 Å². The second-order valence-corrected chi connectivity index (χ2v) is 4.15. The van der Waals surface area contributed by atoms with Crippen molar-refractivity contribution in [1.29, 1.82) is 5.26 Å². The summed E-state index contributed by atoms with van der Waals surface area (Å²) in [4.78, 5) is 14.1. The predicted octanol–water partition coefficient (Wildman–Crippen LogP) is 1.47. The number of hydrogen-bond acceptors (Lipinski definition) is 4. The van der Waals surface area contributed by atoms with E-state index in [-0.39, 0.29) is 12.5 Å². The van der Waals surface area contributed by atoms with E-state index in [1.54, 1.807) is 18.3 Å². The first-order chi connectivity index (χ1) is 9.19. The number of H-pyrrole nitrogens is 1. The van der Waals surface area contributed by atoms with Gasteiger partial charge in [-0.2, -0.15) is 5.26 Å². The topological polar surface area (TPSA) is 104 Å². The number of nitriles is 1. The Labute approximate surface area is 108 Å². The molecule has 6 nitrogen and oxygen atoms in total. The molecule has 0 radical (unpaired) electrons. The molecule has 0 fully saturated rings. The molecular formula is C13H10N4O2. The van der Waals surface area contributed by atoms with Crippen LogP contribution in [0, 0.1) is 11.3 Å². The van der Waals surface area contributed by atoms with Crippen LogP contribution in [0.3, 0.4) is 0 Å². The molecule has 3 rings (SSSR count). The molecule has 4 N–H and O–H groups in total. The number of hydrogen-bond donors (Lipinski definition) is 3. The van der Waals surface area contributed by atoms with Gasteiger partial charge in [0.2, 0.25) is 0 Å². The van der Waals surface area contributed by atoms with Crippen LogP contribution in [0.2, 0.25) is 0 Å². The van der Waals surface area contributed by atoms with Gasteiger partial charge in [-0.3, -0.25) is 4.79 Å². The van der Waals surface area contributed by atoms with E-state index in [2.05, 4.69) is 16.4 Å². The number of nitrogen functional groups attached to an aromatic ring is 1. The van der Waals surface area contributed by atoms with E-state index in [1.165, 1.54) is 0 Å². The average molecular weight is 254 g/mol. The van der Waals surface area contributed by atoms with Gasteiger partial charge < -0.3 is 20.8 Å². The third kappa shape index (κ3) is 1.77. The van der Waals surface area contributed by atoms with Crippen molar-refractivity contribution in [3.63, 3.8) is 0 Å². The lowest BCUT2D eigenvalue weighted by Gasteiger charge is -2.18. The smallest absolute Gasteiger partial charge is 0.262 e. The van der Waals surface area contributed by atoms with E-state index >= 15 is 0 Å². The second-order valence-electron chi connectivity index (χ2n) is 4.15. The van der Waals surface area contributed by atoms with Crippen molar-refractivity contribution in [1.82, 2.24) is 4.98 Å². The number of ether oxygens (including phenoxy) is 1. The molecule has 1 aliphatic heterocycles. The molecule has 2 heterocycles. The van der Waals surface area contributed by atoms with Crippen molar-refractivity contribution in [2.75, 3.05) is 17.7 Å². The quantitative estimate of drug-likeness (QED) is 0.716. The fourth-order valence-corrected chi connectivity index (χ4v) is 2.04. The highest BCUT2D eigenvalue weighted by Crippen LogP contribution is 2.34. The van der Waals surface area contributed by atoms with E-state index in [1.807, 2.05) is 6.07 Å². The number of nitrogens with zero attached hydrogens (tertiary/aromatic N) is 1. The maximum atomic E-state index is 11.3. The maximum absolute atomic E-state index is 11.3. The summed E-state index contributed by atoms with van der Waals surface area (Å²) < 4.78 is 5.28. The lowest BCUT2D eigenvalue weighted by molar-refractivity contribution is -0.118. The number of benzene rings is 1. The third-order valence-corrected chi connectivity index (χ3v) is 2.95. The average Bonchev–Trinajstić information content (AvgIpc) is 2.79. The molecule has 0 saturated carbocycles. The first kappa shape index (κ1) is 11.2. The van der Waals surface area contributed by atoms with Crippen LogP contribution < -0.4 is 15.8 Å². The normalized spacial score (nSPS) is 13.1. The van der Waals surface area contributed by atoms with Crippen molar-refractivity contribution >= 4 is 17.4 Å². The highest BCUT2D eigenvalue weighted by molar-refractivity contribution is 5.96. The van der Waals surface area contributed by atoms with Gasteiger partial charge >= 0.3 is 0 Å². The Morgan fingerprint density at radius 1 is 1.42 bits per heavy atom. The Kier molecular flexibility index (Phi) is 2.39. The molecule has 0 unspecified atom stereocenters. The highest BCUT2D eigenvalue weighted by Gasteiger charge is 2.18. The van der Waals surface area contributed by atoms with Gasteiger partial charge in [0.1, 0.15) is 23.2 Å². The highest BCUT2D eigenvalue weighted by atomic mass is 16.5. The Hall–Kier alpha value is -2.94. The number of amides is 1. The van der Waals surface area contributed by atoms with Crippen LogP contribution in [-0.2, 0) is 4.79 Å². The Morgan fingerprint density at radius 3 is 3.05 bits per heavy atom. The molecule has 1 aromatic heterocycles. The van der Waals surface area contributed by atoms with Crippen molar-refractivity contribution in [2.45, 2.75) is 0 Å². The van der Waals surface area contributed by atoms with Crippen LogP contribution in [0.4, 0.5) is 11.5 Å². The van der Waals surface area contributed by atoms with E-state index in [0.29, 0.717) is 28.4 Å². The molecular weight excluding hydrogens is 244 g/mol. The summed E-state index contributed by atoms with van der Waals surface area (Å²) in [5.74, 6) is 0.750. The summed E-state index contributed by atoms with van der Waals surface area (Å²) in [6.45, 7) is 0.0207. The third-order valence-electron chi connectivity index (χ3n) is 2.95. The summed E-state index contributed by atoms with van der Waals surface area (Å²) in [6.07, 6.45) is 1.67. The summed E-state index contributed by atoms with van der Waals surface area (Å²) in [5, 5.41) is 11.8. The van der Waals surface area contributed by atoms with Crippen LogP contribution in [0.5, 0.6) is 5.75 Å². The van der Waals surface area contributed by atoms with Gasteiger partial charge in [-0.1, -0.05) is 6.07 Å². The number of nitrogens with two attached hydrogens (primary N) is 1. The van der Waals surface area contributed by atoms with Gasteiger partial charge in [-0.25, -0.2) is 0 Å². The predicted molar refractivity (Wildman–Crippen MR) is 69.5 cm³/mol. The van der Waals surface area contributed by atoms with Crippen LogP contribution in [0.15, 0.2) is 24.4 Å². The van der Waals surface area contributed by atoms with E-state index in [0.717, 1.165) is 5.56 Å². The van der Waals surface area contributed by atoms with Crippen molar-refractivity contribution in [3.05, 3.63) is 30.0 Å². The van der Waals surface area contributed by atoms with Crippen LogP contribution in [0.1, 0.15) is 5.56 Å². The number of aromatic nitrogens is 1. The summed E-state index contributed by atoms with van der Waals surface area (Å²) >= 11 is 0. The molecule has 19 heavy (non-hydrogen) atoms. The number of rotatable bonds is 1. The number of nitrogens with one attached hydrogen (secondary N) is 2. The monoisotopic (exact) mass is 254 g/mol. The molecule has 1 aliphatic rings. The van der Waals surface area contributed by atoms with Gasteiger partial charge in [0.05, 0.1) is 5.69 Å². The van der Waals surface area contributed by atoms with Crippen molar-refractivity contribution < 1.29 is 9.53 Å². The molecule has 1 amide bonds. The zero-order chi connectivity index (χ0) is 13.4. The van der Waals surface area contributed by atoms with Gasteiger partial charge in [0.15, 0.2) is 6.61 Å². The summed E-state index contributed by atoms with van der Waals surface area (Å²) in [6, 6.07) is 7.39. The largest absolute Gasteiger partial charge is 0.482 e. The van der Waals surface area contributed by atoms with Crippen LogP contribution in [0.25, 0.3) is 11.1 Å². The van der Waals surface area contributed by atoms with Gasteiger partial charge in [0.25, 0.3) is 5.91 Å². The zero-order valence-electron chi connectivity index (χ0n) is 9.86. The minimum absolute atomic E-state index is 0.0207. The molecule has 1 aromatic carbocycles. The van der Waals surface area contributed by atoms with Crippen LogP contribution in [-0.4, -0.2) is 17.5 Å². The minimum Gasteiger partial charge on any atom is -0.482 e. The van der Waals surface area contributed by atoms with E-state index < -0.39 is 0 Å². The Morgan fingerprint density at radius 2 is 2.26 bits per heavy atom. The van der Waals surface area contributed by atoms with Crippen molar-refractivity contribution in [2.24, 2.45) is 0 Å². The van der Waals surface area contributed by atoms with E-state index in [9.17, 15) is 4.79 Å². The number of carbonyl (C=O) groups is 1. The molecule has 2 aromatic rings. The number of aromatic amines is 1. The minimum atomic E-state index is -0.196. The fourth-order valence-electron chi connectivity index (χ4n) is 2.04. The first-order valence-corrected chi connectivity index (χ1v) is 5.63.